The summed E-state index contributed by atoms with van der Waals surface area (Å²) in [7, 11) is -3.62. The lowest BCUT2D eigenvalue weighted by Gasteiger charge is -2.42. The van der Waals surface area contributed by atoms with Crippen LogP contribution in [0, 0.1) is 0 Å². The van der Waals surface area contributed by atoms with E-state index < -0.39 is 15.7 Å². The second kappa shape index (κ2) is 8.94. The molecule has 2 heterocycles. The fraction of sp³-hybridized carbons (Fsp3) is 0.350. The van der Waals surface area contributed by atoms with Gasteiger partial charge in [0.05, 0.1) is 16.3 Å². The zero-order valence-corrected chi connectivity index (χ0v) is 17.6. The lowest BCUT2D eigenvalue weighted by Crippen LogP contribution is -2.59. The average Bonchev–Trinajstić information content (AvgIpc) is 2.79. The molecule has 0 atom stereocenters. The smallest absolute Gasteiger partial charge is 0.184 e. The number of rotatable bonds is 6. The lowest BCUT2D eigenvalue weighted by atomic mass is 9.87. The average molecular weight is 442 g/mol. The first-order valence-corrected chi connectivity index (χ1v) is 11.5. The minimum Gasteiger partial charge on any atom is -0.381 e. The molecule has 1 saturated heterocycles. The van der Waals surface area contributed by atoms with Crippen LogP contribution in [0.15, 0.2) is 63.5 Å². The summed E-state index contributed by atoms with van der Waals surface area (Å²) in [5, 5.41) is 6.78. The summed E-state index contributed by atoms with van der Waals surface area (Å²) in [5.41, 5.74) is 17.2. The first-order chi connectivity index (χ1) is 15.0. The van der Waals surface area contributed by atoms with Gasteiger partial charge in [-0.25, -0.2) is 18.8 Å². The second-order valence-electron chi connectivity index (χ2n) is 7.39. The Morgan fingerprint density at radius 2 is 1.90 bits per heavy atom. The molecule has 4 rings (SSSR count). The van der Waals surface area contributed by atoms with Gasteiger partial charge >= 0.3 is 0 Å². The van der Waals surface area contributed by atoms with Crippen molar-refractivity contribution in [3.8, 4) is 0 Å². The van der Waals surface area contributed by atoms with Crippen molar-refractivity contribution >= 4 is 27.0 Å². The summed E-state index contributed by atoms with van der Waals surface area (Å²) in [4.78, 5) is 7.46. The van der Waals surface area contributed by atoms with Crippen molar-refractivity contribution in [3.63, 3.8) is 0 Å². The summed E-state index contributed by atoms with van der Waals surface area (Å²) in [6.45, 7) is 1.77. The second-order valence-corrected chi connectivity index (χ2v) is 9.35. The number of hydrogen-bond donors (Lipinski definition) is 3. The molecule has 11 heteroatoms. The highest BCUT2D eigenvalue weighted by Gasteiger charge is 2.40. The number of sulfone groups is 1. The molecule has 0 bridgehead atoms. The summed E-state index contributed by atoms with van der Waals surface area (Å²) >= 11 is 0. The van der Waals surface area contributed by atoms with E-state index >= 15 is 0 Å². The number of ether oxygens (including phenoxy) is 1. The molecule has 0 aromatic heterocycles. The molecule has 31 heavy (non-hydrogen) atoms. The van der Waals surface area contributed by atoms with Crippen LogP contribution in [0.2, 0.25) is 0 Å². The van der Waals surface area contributed by atoms with Gasteiger partial charge in [0.15, 0.2) is 9.84 Å². The van der Waals surface area contributed by atoms with Crippen LogP contribution in [-0.4, -0.2) is 38.9 Å². The Balaban J connectivity index is 1.44. The molecule has 2 aromatic rings. The Morgan fingerprint density at radius 1 is 1.16 bits per heavy atom. The maximum absolute atomic E-state index is 12.1. The quantitative estimate of drug-likeness (QED) is 0.272. The van der Waals surface area contributed by atoms with Crippen molar-refractivity contribution in [2.75, 3.05) is 24.4 Å². The Hall–Kier alpha value is -3.11. The van der Waals surface area contributed by atoms with Crippen molar-refractivity contribution in [3.05, 3.63) is 64.5 Å². The van der Waals surface area contributed by atoms with Gasteiger partial charge in [0.1, 0.15) is 17.3 Å². The summed E-state index contributed by atoms with van der Waals surface area (Å²) < 4.78 is 29.7. The standard InChI is InChI=1S/C20H23N7O3S/c21-27-23-14-31(28,29)16-7-5-15(6-8-16)13-22-26-19-20(9-11-30-12-10-20)25-18-4-2-1-3-17(18)24-19/h1-8,22,25H,9-14H2,(H,24,26). The predicted molar refractivity (Wildman–Crippen MR) is 118 cm³/mol. The van der Waals surface area contributed by atoms with Crippen molar-refractivity contribution in [2.45, 2.75) is 29.8 Å². The monoisotopic (exact) mass is 441 g/mol. The van der Waals surface area contributed by atoms with Gasteiger partial charge in [0.25, 0.3) is 0 Å². The highest BCUT2D eigenvalue weighted by molar-refractivity contribution is 7.91. The number of azide groups is 1. The number of anilines is 1. The summed E-state index contributed by atoms with van der Waals surface area (Å²) in [6.07, 6.45) is 1.60. The van der Waals surface area contributed by atoms with Crippen LogP contribution in [0.4, 0.5) is 11.4 Å². The van der Waals surface area contributed by atoms with Crippen LogP contribution in [0.25, 0.3) is 10.4 Å². The fourth-order valence-corrected chi connectivity index (χ4v) is 4.58. The molecular weight excluding hydrogens is 418 g/mol. The van der Waals surface area contributed by atoms with Crippen LogP contribution in [0.5, 0.6) is 0 Å². The third kappa shape index (κ3) is 4.64. The number of fused-ring (bicyclic) bond motifs is 1. The Kier molecular flexibility index (Phi) is 6.10. The normalized spacial score (nSPS) is 17.1. The minimum absolute atomic E-state index is 0.121. The van der Waals surface area contributed by atoms with E-state index in [2.05, 4.69) is 26.2 Å². The van der Waals surface area contributed by atoms with E-state index in [0.717, 1.165) is 35.6 Å². The van der Waals surface area contributed by atoms with Crippen molar-refractivity contribution in [1.29, 1.82) is 0 Å². The molecule has 162 valence electrons. The van der Waals surface area contributed by atoms with E-state index in [1.165, 1.54) is 12.1 Å². The number of amidine groups is 1. The number of hydrazine groups is 1. The van der Waals surface area contributed by atoms with E-state index in [-0.39, 0.29) is 10.4 Å². The lowest BCUT2D eigenvalue weighted by molar-refractivity contribution is 0.0768. The predicted octanol–water partition coefficient (Wildman–Crippen LogP) is 3.03. The zero-order chi connectivity index (χ0) is 21.7. The van der Waals surface area contributed by atoms with E-state index in [0.29, 0.717) is 19.8 Å². The van der Waals surface area contributed by atoms with Gasteiger partial charge in [-0.05, 0) is 35.4 Å². The Morgan fingerprint density at radius 3 is 2.65 bits per heavy atom. The first kappa shape index (κ1) is 21.1. The third-order valence-electron chi connectivity index (χ3n) is 5.38. The summed E-state index contributed by atoms with van der Waals surface area (Å²) in [5.74, 6) is 0.214. The topological polar surface area (TPSA) is 141 Å². The molecule has 2 aliphatic rings. The molecule has 1 spiro atoms. The van der Waals surface area contributed by atoms with Gasteiger partial charge in [-0.15, -0.1) is 0 Å². The maximum Gasteiger partial charge on any atom is 0.184 e. The molecule has 2 aromatic carbocycles. The van der Waals surface area contributed by atoms with Gasteiger partial charge < -0.3 is 15.5 Å². The van der Waals surface area contributed by atoms with Crippen molar-refractivity contribution < 1.29 is 13.2 Å². The van der Waals surface area contributed by atoms with Crippen LogP contribution >= 0.6 is 0 Å². The van der Waals surface area contributed by atoms with Gasteiger partial charge in [0, 0.05) is 37.5 Å². The number of aliphatic imine (C=N–C) groups is 1. The van der Waals surface area contributed by atoms with E-state index in [9.17, 15) is 8.42 Å². The molecule has 0 saturated carbocycles. The molecular formula is C20H23N7O3S. The number of benzene rings is 2. The maximum atomic E-state index is 12.1. The fourth-order valence-electron chi connectivity index (χ4n) is 3.67. The zero-order valence-electron chi connectivity index (χ0n) is 16.8. The van der Waals surface area contributed by atoms with Crippen LogP contribution < -0.4 is 16.2 Å². The molecule has 1 fully saturated rings. The Bertz CT molecular complexity index is 1120. The Labute approximate surface area is 180 Å². The van der Waals surface area contributed by atoms with Crippen LogP contribution in [0.3, 0.4) is 0 Å². The van der Waals surface area contributed by atoms with Gasteiger partial charge in [-0.2, -0.15) is 0 Å². The number of nitrogens with zero attached hydrogens (tertiary/aromatic N) is 4. The van der Waals surface area contributed by atoms with Gasteiger partial charge in [-0.1, -0.05) is 29.4 Å². The van der Waals surface area contributed by atoms with Gasteiger partial charge in [0.2, 0.25) is 0 Å². The highest BCUT2D eigenvalue weighted by atomic mass is 32.2. The molecule has 0 unspecified atom stereocenters. The summed E-state index contributed by atoms with van der Waals surface area (Å²) in [6, 6.07) is 14.4. The van der Waals surface area contributed by atoms with E-state index in [1.807, 2.05) is 24.3 Å². The number of para-hydroxylation sites is 2. The molecule has 0 aliphatic carbocycles. The molecule has 0 amide bonds. The molecule has 10 nitrogen and oxygen atoms in total. The van der Waals surface area contributed by atoms with Crippen LogP contribution in [-0.2, 0) is 21.1 Å². The third-order valence-corrected chi connectivity index (χ3v) is 6.83. The van der Waals surface area contributed by atoms with E-state index in [1.54, 1.807) is 12.1 Å². The molecule has 2 aliphatic heterocycles. The number of hydrogen-bond acceptors (Lipinski definition) is 8. The van der Waals surface area contributed by atoms with Gasteiger partial charge in [-0.3, -0.25) is 0 Å². The minimum atomic E-state index is -3.62. The van der Waals surface area contributed by atoms with Crippen molar-refractivity contribution in [2.24, 2.45) is 10.1 Å². The first-order valence-electron chi connectivity index (χ1n) is 9.88. The van der Waals surface area contributed by atoms with Crippen LogP contribution in [0.1, 0.15) is 18.4 Å². The van der Waals surface area contributed by atoms with E-state index in [4.69, 9.17) is 15.3 Å². The SMILES string of the molecule is [N-]=[N+]=NCS(=O)(=O)c1ccc(CNNC2=Nc3ccccc3NC23CCOCC3)cc1. The molecule has 3 N–H and O–H groups in total. The number of nitrogens with one attached hydrogen (secondary N) is 3. The largest absolute Gasteiger partial charge is 0.381 e. The molecule has 0 radical (unpaired) electrons. The van der Waals surface area contributed by atoms with Crippen molar-refractivity contribution in [1.82, 2.24) is 10.9 Å². The highest BCUT2D eigenvalue weighted by Crippen LogP contribution is 2.37.